The number of nitrogens with zero attached hydrogens (tertiary/aromatic N) is 1. The maximum absolute atomic E-state index is 12.2. The molecule has 1 amide bonds. The Morgan fingerprint density at radius 3 is 2.83 bits per heavy atom. The van der Waals surface area contributed by atoms with E-state index >= 15 is 0 Å². The molecule has 0 bridgehead atoms. The summed E-state index contributed by atoms with van der Waals surface area (Å²) in [4.78, 5) is 28.4. The topological polar surface area (TPSA) is 68.3 Å². The summed E-state index contributed by atoms with van der Waals surface area (Å²) in [6.45, 7) is 0. The molecule has 6 heteroatoms. The van der Waals surface area contributed by atoms with Gasteiger partial charge in [-0.05, 0) is 18.2 Å². The number of benzene rings is 2. The third-order valence-corrected chi connectivity index (χ3v) is 4.64. The molecule has 114 valence electrons. The van der Waals surface area contributed by atoms with Crippen molar-refractivity contribution in [3.05, 3.63) is 59.7 Å². The van der Waals surface area contributed by atoms with Gasteiger partial charge in [-0.2, -0.15) is 0 Å². The van der Waals surface area contributed by atoms with Gasteiger partial charge in [0, 0.05) is 5.56 Å². The molecule has 0 fully saturated rings. The van der Waals surface area contributed by atoms with Crippen LogP contribution in [0.1, 0.15) is 28.4 Å². The van der Waals surface area contributed by atoms with Crippen LogP contribution in [-0.2, 0) is 9.53 Å². The van der Waals surface area contributed by atoms with E-state index in [1.807, 2.05) is 36.4 Å². The lowest BCUT2D eigenvalue weighted by molar-refractivity contribution is -0.118. The number of esters is 1. The molecule has 0 saturated heterocycles. The van der Waals surface area contributed by atoms with E-state index in [1.165, 1.54) is 11.3 Å². The summed E-state index contributed by atoms with van der Waals surface area (Å²) in [5.74, 6) is -0.600. The normalized spacial score (nSPS) is 16.2. The lowest BCUT2D eigenvalue weighted by Gasteiger charge is -2.09. The Bertz CT molecular complexity index is 886. The molecule has 1 N–H and O–H groups in total. The molecular weight excluding hydrogens is 312 g/mol. The summed E-state index contributed by atoms with van der Waals surface area (Å²) in [6.07, 6.45) is -0.452. The van der Waals surface area contributed by atoms with Crippen molar-refractivity contribution in [2.75, 3.05) is 5.32 Å². The highest BCUT2D eigenvalue weighted by Crippen LogP contribution is 2.33. The summed E-state index contributed by atoms with van der Waals surface area (Å²) < 4.78 is 6.30. The molecule has 0 unspecified atom stereocenters. The van der Waals surface area contributed by atoms with E-state index in [0.29, 0.717) is 10.7 Å². The Morgan fingerprint density at radius 2 is 1.96 bits per heavy atom. The number of hydrogen-bond acceptors (Lipinski definition) is 5. The van der Waals surface area contributed by atoms with Gasteiger partial charge in [0.05, 0.1) is 22.2 Å². The van der Waals surface area contributed by atoms with Crippen LogP contribution in [0.3, 0.4) is 0 Å². The molecule has 1 aliphatic rings. The molecule has 3 aromatic rings. The molecule has 1 aliphatic heterocycles. The number of ether oxygens (including phenoxy) is 1. The molecule has 1 aromatic heterocycles. The number of amides is 1. The van der Waals surface area contributed by atoms with Crippen LogP contribution in [-0.4, -0.2) is 16.9 Å². The van der Waals surface area contributed by atoms with E-state index in [4.69, 9.17) is 4.74 Å². The molecule has 0 spiro atoms. The predicted octanol–water partition coefficient (Wildman–Crippen LogP) is 3.54. The van der Waals surface area contributed by atoms with Gasteiger partial charge in [0.25, 0.3) is 0 Å². The minimum atomic E-state index is -0.534. The number of rotatable bonds is 3. The first-order valence-electron chi connectivity index (χ1n) is 7.16. The molecule has 1 atom stereocenters. The lowest BCUT2D eigenvalue weighted by atomic mass is 10.0. The predicted molar refractivity (Wildman–Crippen MR) is 87.5 cm³/mol. The van der Waals surface area contributed by atoms with Gasteiger partial charge in [-0.15, -0.1) is 0 Å². The maximum Gasteiger partial charge on any atom is 0.339 e. The van der Waals surface area contributed by atoms with Crippen molar-refractivity contribution < 1.29 is 14.3 Å². The second kappa shape index (κ2) is 5.48. The van der Waals surface area contributed by atoms with Crippen LogP contribution in [0.25, 0.3) is 10.2 Å². The third kappa shape index (κ3) is 2.57. The molecule has 0 radical (unpaired) electrons. The van der Waals surface area contributed by atoms with Crippen LogP contribution in [0.4, 0.5) is 5.13 Å². The van der Waals surface area contributed by atoms with Gasteiger partial charge in [0.15, 0.2) is 5.13 Å². The van der Waals surface area contributed by atoms with Gasteiger partial charge < -0.3 is 10.1 Å². The van der Waals surface area contributed by atoms with E-state index in [9.17, 15) is 9.59 Å². The summed E-state index contributed by atoms with van der Waals surface area (Å²) in [6, 6.07) is 14.8. The fourth-order valence-corrected chi connectivity index (χ4v) is 3.52. The highest BCUT2D eigenvalue weighted by atomic mass is 32.1. The number of para-hydroxylation sites is 1. The van der Waals surface area contributed by atoms with Crippen molar-refractivity contribution in [3.8, 4) is 0 Å². The van der Waals surface area contributed by atoms with Gasteiger partial charge in [-0.25, -0.2) is 9.78 Å². The SMILES string of the molecule is O=C(C[C@H]1OC(=O)c2ccccc21)Nc1nc2ccccc2s1. The number of anilines is 1. The lowest BCUT2D eigenvalue weighted by Crippen LogP contribution is -2.15. The average Bonchev–Trinajstić information content (AvgIpc) is 3.09. The minimum Gasteiger partial charge on any atom is -0.453 e. The standard InChI is InChI=1S/C17H12N2O3S/c20-15(19-17-18-12-7-3-4-8-14(12)23-17)9-13-10-5-1-2-6-11(10)16(21)22-13/h1-8,13H,9H2,(H,18,19,20)/t13-/m1/s1. The zero-order chi connectivity index (χ0) is 15.8. The summed E-state index contributed by atoms with van der Waals surface area (Å²) in [7, 11) is 0. The van der Waals surface area contributed by atoms with Crippen LogP contribution >= 0.6 is 11.3 Å². The Kier molecular flexibility index (Phi) is 3.31. The zero-order valence-electron chi connectivity index (χ0n) is 12.0. The quantitative estimate of drug-likeness (QED) is 0.748. The largest absolute Gasteiger partial charge is 0.453 e. The minimum absolute atomic E-state index is 0.0820. The molecule has 4 rings (SSSR count). The fourth-order valence-electron chi connectivity index (χ4n) is 2.64. The monoisotopic (exact) mass is 324 g/mol. The Balaban J connectivity index is 1.49. The summed E-state index contributed by atoms with van der Waals surface area (Å²) >= 11 is 1.42. The van der Waals surface area contributed by atoms with Gasteiger partial charge in [-0.1, -0.05) is 41.7 Å². The first-order valence-corrected chi connectivity index (χ1v) is 7.98. The van der Waals surface area contributed by atoms with Crippen LogP contribution in [0.15, 0.2) is 48.5 Å². The summed E-state index contributed by atoms with van der Waals surface area (Å²) in [5, 5.41) is 3.33. The fraction of sp³-hybridized carbons (Fsp3) is 0.118. The van der Waals surface area contributed by atoms with Crippen molar-refractivity contribution in [1.29, 1.82) is 0 Å². The number of nitrogens with one attached hydrogen (secondary N) is 1. The Morgan fingerprint density at radius 1 is 1.17 bits per heavy atom. The highest BCUT2D eigenvalue weighted by molar-refractivity contribution is 7.22. The first-order chi connectivity index (χ1) is 11.2. The number of thiazole rings is 1. The number of hydrogen-bond donors (Lipinski definition) is 1. The molecule has 0 saturated carbocycles. The van der Waals surface area contributed by atoms with Crippen molar-refractivity contribution in [3.63, 3.8) is 0 Å². The van der Waals surface area contributed by atoms with Gasteiger partial charge in [0.2, 0.25) is 5.91 Å². The number of carbonyl (C=O) groups excluding carboxylic acids is 2. The van der Waals surface area contributed by atoms with Gasteiger partial charge >= 0.3 is 5.97 Å². The number of aromatic nitrogens is 1. The van der Waals surface area contributed by atoms with Crippen molar-refractivity contribution in [2.24, 2.45) is 0 Å². The van der Waals surface area contributed by atoms with E-state index < -0.39 is 6.10 Å². The molecule has 0 aliphatic carbocycles. The van der Waals surface area contributed by atoms with E-state index in [-0.39, 0.29) is 18.3 Å². The average molecular weight is 324 g/mol. The number of fused-ring (bicyclic) bond motifs is 2. The summed E-state index contributed by atoms with van der Waals surface area (Å²) in [5.41, 5.74) is 2.15. The number of carbonyl (C=O) groups is 2. The van der Waals surface area contributed by atoms with E-state index in [0.717, 1.165) is 15.8 Å². The van der Waals surface area contributed by atoms with E-state index in [2.05, 4.69) is 10.3 Å². The first kappa shape index (κ1) is 13.9. The van der Waals surface area contributed by atoms with E-state index in [1.54, 1.807) is 12.1 Å². The zero-order valence-corrected chi connectivity index (χ0v) is 12.8. The van der Waals surface area contributed by atoms with Gasteiger partial charge in [-0.3, -0.25) is 4.79 Å². The van der Waals surface area contributed by atoms with Crippen molar-refractivity contribution in [2.45, 2.75) is 12.5 Å². The molecule has 5 nitrogen and oxygen atoms in total. The van der Waals surface area contributed by atoms with Gasteiger partial charge in [0.1, 0.15) is 6.10 Å². The Hall–Kier alpha value is -2.73. The smallest absolute Gasteiger partial charge is 0.339 e. The van der Waals surface area contributed by atoms with Crippen molar-refractivity contribution in [1.82, 2.24) is 4.98 Å². The second-order valence-corrected chi connectivity index (χ2v) is 6.25. The molecule has 2 heterocycles. The van der Waals surface area contributed by atoms with Crippen LogP contribution in [0, 0.1) is 0 Å². The van der Waals surface area contributed by atoms with Crippen LogP contribution in [0.2, 0.25) is 0 Å². The van der Waals surface area contributed by atoms with Crippen LogP contribution < -0.4 is 5.32 Å². The molecule has 2 aromatic carbocycles. The maximum atomic E-state index is 12.2. The second-order valence-electron chi connectivity index (χ2n) is 5.22. The highest BCUT2D eigenvalue weighted by Gasteiger charge is 2.32. The van der Waals surface area contributed by atoms with Crippen LogP contribution in [0.5, 0.6) is 0 Å². The Labute approximate surface area is 135 Å². The number of cyclic esters (lactones) is 1. The third-order valence-electron chi connectivity index (χ3n) is 3.69. The van der Waals surface area contributed by atoms with Crippen molar-refractivity contribution >= 4 is 38.6 Å². The molecular formula is C17H12N2O3S. The molecule has 23 heavy (non-hydrogen) atoms.